The maximum absolute atomic E-state index is 12.3. The van der Waals surface area contributed by atoms with E-state index >= 15 is 0 Å². The van der Waals surface area contributed by atoms with Crippen LogP contribution >= 0.6 is 27.7 Å². The minimum Gasteiger partial charge on any atom is -0.454 e. The highest BCUT2D eigenvalue weighted by molar-refractivity contribution is 9.10. The number of carbonyl (C=O) groups is 3. The van der Waals surface area contributed by atoms with Gasteiger partial charge in [0.25, 0.3) is 5.91 Å². The molecule has 1 aromatic carbocycles. The zero-order valence-corrected chi connectivity index (χ0v) is 15.5. The van der Waals surface area contributed by atoms with Gasteiger partial charge in [-0.1, -0.05) is 12.1 Å². The topological polar surface area (TPSA) is 75.7 Å². The smallest absolute Gasteiger partial charge is 0.330 e. The number of thioether (sulfide) groups is 1. The summed E-state index contributed by atoms with van der Waals surface area (Å²) in [4.78, 5) is 37.5. The molecule has 6 nitrogen and oxygen atoms in total. The molecule has 2 amide bonds. The molecule has 0 bridgehead atoms. The second-order valence-electron chi connectivity index (χ2n) is 5.90. The molecule has 0 aromatic heterocycles. The number of fused-ring (bicyclic) bond motifs is 1. The second kappa shape index (κ2) is 6.76. The Balaban J connectivity index is 1.55. The number of hydrogen-bond acceptors (Lipinski definition) is 5. The fourth-order valence-corrected chi connectivity index (χ4v) is 4.78. The van der Waals surface area contributed by atoms with E-state index in [4.69, 9.17) is 4.74 Å². The van der Waals surface area contributed by atoms with Crippen molar-refractivity contribution in [1.82, 2.24) is 4.90 Å². The van der Waals surface area contributed by atoms with Crippen LogP contribution in [0.1, 0.15) is 19.8 Å². The Hall–Kier alpha value is -1.54. The van der Waals surface area contributed by atoms with Crippen molar-refractivity contribution in [2.75, 3.05) is 17.7 Å². The molecular weight excluding hydrogens is 396 g/mol. The van der Waals surface area contributed by atoms with Gasteiger partial charge in [-0.25, -0.2) is 4.79 Å². The van der Waals surface area contributed by atoms with Gasteiger partial charge in [-0.15, -0.1) is 11.8 Å². The summed E-state index contributed by atoms with van der Waals surface area (Å²) in [6.07, 6.45) is 1.19. The van der Waals surface area contributed by atoms with Gasteiger partial charge in [0.05, 0.1) is 10.6 Å². The number of rotatable bonds is 4. The lowest BCUT2D eigenvalue weighted by Gasteiger charge is -2.29. The minimum atomic E-state index is -0.605. The molecule has 8 heteroatoms. The zero-order valence-electron chi connectivity index (χ0n) is 13.1. The molecule has 0 unspecified atom stereocenters. The van der Waals surface area contributed by atoms with E-state index in [9.17, 15) is 14.4 Å². The first-order valence-electron chi connectivity index (χ1n) is 7.58. The molecule has 0 spiro atoms. The molecule has 3 rings (SSSR count). The van der Waals surface area contributed by atoms with Crippen molar-refractivity contribution in [2.45, 2.75) is 30.7 Å². The van der Waals surface area contributed by atoms with E-state index in [-0.39, 0.29) is 17.4 Å². The average Bonchev–Trinajstić information content (AvgIpc) is 3.04. The van der Waals surface area contributed by atoms with Crippen LogP contribution in [0.15, 0.2) is 28.7 Å². The molecule has 1 aromatic rings. The van der Waals surface area contributed by atoms with Crippen molar-refractivity contribution >= 4 is 51.2 Å². The molecule has 2 saturated heterocycles. The lowest BCUT2D eigenvalue weighted by atomic mass is 10.2. The summed E-state index contributed by atoms with van der Waals surface area (Å²) < 4.78 is 5.87. The molecule has 0 aliphatic carbocycles. The van der Waals surface area contributed by atoms with Crippen molar-refractivity contribution in [3.63, 3.8) is 0 Å². The highest BCUT2D eigenvalue weighted by atomic mass is 79.9. The Morgan fingerprint density at radius 3 is 2.96 bits per heavy atom. The normalized spacial score (nSPS) is 25.5. The van der Waals surface area contributed by atoms with Gasteiger partial charge in [-0.05, 0) is 41.4 Å². The van der Waals surface area contributed by atoms with Crippen molar-refractivity contribution < 1.29 is 19.1 Å². The highest BCUT2D eigenvalue weighted by Gasteiger charge is 2.53. The standard InChI is InChI=1S/C16H17BrN2O4S/c1-16-7-6-14(21)19(16)12(9-24-16)15(22)23-8-13(20)18-11-5-3-2-4-10(11)17/h2-5,12H,6-9H2,1H3,(H,18,20)/t12-,16+/m0/s1. The van der Waals surface area contributed by atoms with Crippen LogP contribution in [0, 0.1) is 0 Å². The first kappa shape index (κ1) is 17.3. The van der Waals surface area contributed by atoms with E-state index in [1.165, 1.54) is 0 Å². The van der Waals surface area contributed by atoms with E-state index < -0.39 is 17.9 Å². The number of para-hydroxylation sites is 1. The number of esters is 1. The zero-order chi connectivity index (χ0) is 17.3. The largest absolute Gasteiger partial charge is 0.454 e. The number of anilines is 1. The third kappa shape index (κ3) is 3.30. The average molecular weight is 413 g/mol. The van der Waals surface area contributed by atoms with Gasteiger partial charge in [0, 0.05) is 16.6 Å². The molecule has 128 valence electrons. The number of benzene rings is 1. The lowest BCUT2D eigenvalue weighted by molar-refractivity contribution is -0.155. The van der Waals surface area contributed by atoms with Crippen LogP contribution in [-0.2, 0) is 19.1 Å². The first-order chi connectivity index (χ1) is 11.4. The molecular formula is C16H17BrN2O4S. The maximum Gasteiger partial charge on any atom is 0.330 e. The summed E-state index contributed by atoms with van der Waals surface area (Å²) in [5.41, 5.74) is 0.609. The number of hydrogen-bond donors (Lipinski definition) is 1. The number of halogens is 1. The van der Waals surface area contributed by atoms with Crippen molar-refractivity contribution in [2.24, 2.45) is 0 Å². The third-order valence-electron chi connectivity index (χ3n) is 4.21. The molecule has 2 heterocycles. The van der Waals surface area contributed by atoms with E-state index in [1.807, 2.05) is 13.0 Å². The predicted octanol–water partition coefficient (Wildman–Crippen LogP) is 2.38. The van der Waals surface area contributed by atoms with Crippen LogP contribution in [0.5, 0.6) is 0 Å². The van der Waals surface area contributed by atoms with Crippen LogP contribution < -0.4 is 5.32 Å². The Labute approximate surface area is 152 Å². The molecule has 1 N–H and O–H groups in total. The first-order valence-corrected chi connectivity index (χ1v) is 9.36. The monoisotopic (exact) mass is 412 g/mol. The third-order valence-corrected chi connectivity index (χ3v) is 6.41. The van der Waals surface area contributed by atoms with Crippen LogP contribution in [0.3, 0.4) is 0 Å². The van der Waals surface area contributed by atoms with Gasteiger partial charge >= 0.3 is 5.97 Å². The summed E-state index contributed by atoms with van der Waals surface area (Å²) in [5.74, 6) is -0.463. The van der Waals surface area contributed by atoms with Gasteiger partial charge in [0.1, 0.15) is 6.04 Å². The molecule has 0 saturated carbocycles. The minimum absolute atomic E-state index is 0.0258. The van der Waals surface area contributed by atoms with Gasteiger partial charge < -0.3 is 15.0 Å². The Morgan fingerprint density at radius 1 is 1.46 bits per heavy atom. The van der Waals surface area contributed by atoms with Crippen LogP contribution in [0.25, 0.3) is 0 Å². The van der Waals surface area contributed by atoms with Crippen LogP contribution in [-0.4, -0.2) is 46.0 Å². The van der Waals surface area contributed by atoms with Gasteiger partial charge in [0.2, 0.25) is 5.91 Å². The molecule has 24 heavy (non-hydrogen) atoms. The second-order valence-corrected chi connectivity index (χ2v) is 8.26. The van der Waals surface area contributed by atoms with E-state index in [0.717, 1.165) is 10.9 Å². The number of ether oxygens (including phenoxy) is 1. The fraction of sp³-hybridized carbons (Fsp3) is 0.438. The summed E-state index contributed by atoms with van der Waals surface area (Å²) in [6.45, 7) is 1.59. The molecule has 2 fully saturated rings. The SMILES string of the molecule is C[C@@]12CCC(=O)N1[C@H](C(=O)OCC(=O)Nc1ccccc1Br)CS2. The van der Waals surface area contributed by atoms with Gasteiger partial charge in [-0.3, -0.25) is 9.59 Å². The number of nitrogens with one attached hydrogen (secondary N) is 1. The fourth-order valence-electron chi connectivity index (χ4n) is 2.98. The van der Waals surface area contributed by atoms with Crippen molar-refractivity contribution in [3.05, 3.63) is 28.7 Å². The predicted molar refractivity (Wildman–Crippen MR) is 94.5 cm³/mol. The van der Waals surface area contributed by atoms with Crippen LogP contribution in [0.4, 0.5) is 5.69 Å². The molecule has 2 atom stereocenters. The Bertz CT molecular complexity index is 698. The summed E-state index contributed by atoms with van der Waals surface area (Å²) in [6, 6.07) is 6.57. The molecule has 0 radical (unpaired) electrons. The van der Waals surface area contributed by atoms with E-state index in [1.54, 1.807) is 34.9 Å². The quantitative estimate of drug-likeness (QED) is 0.768. The number of carbonyl (C=O) groups excluding carboxylic acids is 3. The number of amides is 2. The van der Waals surface area contributed by atoms with Crippen molar-refractivity contribution in [3.8, 4) is 0 Å². The van der Waals surface area contributed by atoms with Gasteiger partial charge in [0.15, 0.2) is 6.61 Å². The summed E-state index contributed by atoms with van der Waals surface area (Å²) in [7, 11) is 0. The number of nitrogens with zero attached hydrogens (tertiary/aromatic N) is 1. The Kier molecular flexibility index (Phi) is 4.87. The highest BCUT2D eigenvalue weighted by Crippen LogP contribution is 2.47. The lowest BCUT2D eigenvalue weighted by Crippen LogP contribution is -2.47. The molecule has 2 aliphatic rings. The summed E-state index contributed by atoms with van der Waals surface area (Å²) in [5, 5.41) is 2.67. The summed E-state index contributed by atoms with van der Waals surface area (Å²) >= 11 is 4.92. The molecule has 2 aliphatic heterocycles. The van der Waals surface area contributed by atoms with E-state index in [2.05, 4.69) is 21.2 Å². The van der Waals surface area contributed by atoms with E-state index in [0.29, 0.717) is 17.9 Å². The maximum atomic E-state index is 12.3. The van der Waals surface area contributed by atoms with Crippen LogP contribution in [0.2, 0.25) is 0 Å². The Morgan fingerprint density at radius 2 is 2.21 bits per heavy atom. The van der Waals surface area contributed by atoms with Gasteiger partial charge in [-0.2, -0.15) is 0 Å². The van der Waals surface area contributed by atoms with Crippen molar-refractivity contribution in [1.29, 1.82) is 0 Å².